The Morgan fingerprint density at radius 1 is 1.32 bits per heavy atom. The van der Waals surface area contributed by atoms with Gasteiger partial charge >= 0.3 is 5.97 Å². The van der Waals surface area contributed by atoms with Gasteiger partial charge in [-0.25, -0.2) is 0 Å². The molecular formula is C13H12ClNO4. The highest BCUT2D eigenvalue weighted by Crippen LogP contribution is 2.27. The van der Waals surface area contributed by atoms with Crippen LogP contribution in [0.5, 0.6) is 0 Å². The summed E-state index contributed by atoms with van der Waals surface area (Å²) in [7, 11) is 0. The van der Waals surface area contributed by atoms with Crippen molar-refractivity contribution in [1.29, 1.82) is 0 Å². The summed E-state index contributed by atoms with van der Waals surface area (Å²) >= 11 is 5.85. The van der Waals surface area contributed by atoms with E-state index in [9.17, 15) is 15.0 Å². The first-order valence-corrected chi connectivity index (χ1v) is 5.99. The SMILES string of the molecule is O=C(O)CC(O)C(O)c1ccnc2cc(Cl)ccc12. The predicted octanol–water partition coefficient (Wildman–Crippen LogP) is 1.76. The third-order valence-corrected chi connectivity index (χ3v) is 3.04. The molecule has 0 amide bonds. The van der Waals surface area contributed by atoms with Crippen LogP contribution in [-0.4, -0.2) is 32.4 Å². The van der Waals surface area contributed by atoms with Gasteiger partial charge in [-0.3, -0.25) is 9.78 Å². The zero-order valence-electron chi connectivity index (χ0n) is 9.82. The highest BCUT2D eigenvalue weighted by molar-refractivity contribution is 6.31. The molecule has 1 aromatic carbocycles. The smallest absolute Gasteiger partial charge is 0.306 e. The quantitative estimate of drug-likeness (QED) is 0.794. The van der Waals surface area contributed by atoms with Crippen LogP contribution in [0.1, 0.15) is 18.1 Å². The highest BCUT2D eigenvalue weighted by Gasteiger charge is 2.22. The van der Waals surface area contributed by atoms with E-state index in [1.54, 1.807) is 24.3 Å². The lowest BCUT2D eigenvalue weighted by atomic mass is 9.99. The van der Waals surface area contributed by atoms with Crippen LogP contribution in [0.25, 0.3) is 10.9 Å². The van der Waals surface area contributed by atoms with Gasteiger partial charge in [0.05, 0.1) is 18.0 Å². The summed E-state index contributed by atoms with van der Waals surface area (Å²) in [6.07, 6.45) is -1.72. The van der Waals surface area contributed by atoms with E-state index in [1.807, 2.05) is 0 Å². The maximum Gasteiger partial charge on any atom is 0.306 e. The molecule has 0 aliphatic heterocycles. The van der Waals surface area contributed by atoms with Crippen LogP contribution in [0.2, 0.25) is 5.02 Å². The molecule has 3 N–H and O–H groups in total. The number of carboxylic acid groups (broad SMARTS) is 1. The van der Waals surface area contributed by atoms with Crippen molar-refractivity contribution in [2.75, 3.05) is 0 Å². The van der Waals surface area contributed by atoms with E-state index in [0.717, 1.165) is 0 Å². The van der Waals surface area contributed by atoms with Crippen LogP contribution in [0.15, 0.2) is 30.5 Å². The van der Waals surface area contributed by atoms with Gasteiger partial charge in [0.1, 0.15) is 6.10 Å². The van der Waals surface area contributed by atoms with E-state index >= 15 is 0 Å². The van der Waals surface area contributed by atoms with Gasteiger partial charge in [-0.1, -0.05) is 17.7 Å². The van der Waals surface area contributed by atoms with Crippen molar-refractivity contribution in [2.45, 2.75) is 18.6 Å². The molecule has 1 aromatic heterocycles. The lowest BCUT2D eigenvalue weighted by Crippen LogP contribution is -2.22. The number of aliphatic hydroxyl groups is 2. The lowest BCUT2D eigenvalue weighted by Gasteiger charge is -2.18. The molecule has 0 radical (unpaired) electrons. The fourth-order valence-corrected chi connectivity index (χ4v) is 2.07. The fraction of sp³-hybridized carbons (Fsp3) is 0.231. The van der Waals surface area contributed by atoms with Crippen LogP contribution >= 0.6 is 11.6 Å². The summed E-state index contributed by atoms with van der Waals surface area (Å²) in [5.41, 5.74) is 1.00. The van der Waals surface area contributed by atoms with Gasteiger partial charge < -0.3 is 15.3 Å². The first-order chi connectivity index (χ1) is 8.99. The number of pyridine rings is 1. The minimum absolute atomic E-state index is 0.426. The Labute approximate surface area is 114 Å². The van der Waals surface area contributed by atoms with E-state index in [1.165, 1.54) is 6.20 Å². The second-order valence-corrected chi connectivity index (χ2v) is 4.61. The number of nitrogens with zero attached hydrogens (tertiary/aromatic N) is 1. The molecule has 100 valence electrons. The summed E-state index contributed by atoms with van der Waals surface area (Å²) in [6, 6.07) is 6.50. The van der Waals surface area contributed by atoms with Gasteiger partial charge in [-0.05, 0) is 23.8 Å². The van der Waals surface area contributed by atoms with Crippen molar-refractivity contribution in [3.05, 3.63) is 41.0 Å². The van der Waals surface area contributed by atoms with E-state index in [4.69, 9.17) is 16.7 Å². The van der Waals surface area contributed by atoms with Crippen LogP contribution in [0, 0.1) is 0 Å². The maximum atomic E-state index is 10.6. The molecule has 1 heterocycles. The standard InChI is InChI=1S/C13H12ClNO4/c14-7-1-2-8-9(3-4-15-10(8)5-7)13(19)11(16)6-12(17)18/h1-5,11,13,16,19H,6H2,(H,17,18). The van der Waals surface area contributed by atoms with Crippen LogP contribution < -0.4 is 0 Å². The van der Waals surface area contributed by atoms with Crippen molar-refractivity contribution >= 4 is 28.5 Å². The Balaban J connectivity index is 2.41. The topological polar surface area (TPSA) is 90.7 Å². The average molecular weight is 282 g/mol. The predicted molar refractivity (Wildman–Crippen MR) is 70.0 cm³/mol. The molecule has 0 aliphatic rings. The van der Waals surface area contributed by atoms with E-state index in [2.05, 4.69) is 4.98 Å². The molecule has 0 aliphatic carbocycles. The Hall–Kier alpha value is -1.69. The third kappa shape index (κ3) is 3.01. The Morgan fingerprint density at radius 3 is 2.74 bits per heavy atom. The molecule has 2 aromatic rings. The molecule has 2 unspecified atom stereocenters. The number of carboxylic acids is 1. The zero-order chi connectivity index (χ0) is 14.0. The molecule has 2 atom stereocenters. The highest BCUT2D eigenvalue weighted by atomic mass is 35.5. The van der Waals surface area contributed by atoms with Crippen molar-refractivity contribution < 1.29 is 20.1 Å². The average Bonchev–Trinajstić information content (AvgIpc) is 2.36. The van der Waals surface area contributed by atoms with Gasteiger partial charge in [-0.15, -0.1) is 0 Å². The number of rotatable bonds is 4. The van der Waals surface area contributed by atoms with Gasteiger partial charge in [0, 0.05) is 16.6 Å². The summed E-state index contributed by atoms with van der Waals surface area (Å²) < 4.78 is 0. The van der Waals surface area contributed by atoms with E-state index in [0.29, 0.717) is 21.5 Å². The number of hydrogen-bond donors (Lipinski definition) is 3. The summed E-state index contributed by atoms with van der Waals surface area (Å²) in [5, 5.41) is 29.5. The summed E-state index contributed by atoms with van der Waals surface area (Å²) in [6.45, 7) is 0. The molecule has 2 rings (SSSR count). The monoisotopic (exact) mass is 281 g/mol. The second kappa shape index (κ2) is 5.52. The third-order valence-electron chi connectivity index (χ3n) is 2.81. The molecular weight excluding hydrogens is 270 g/mol. The normalized spacial score (nSPS) is 14.3. The Morgan fingerprint density at radius 2 is 2.05 bits per heavy atom. The van der Waals surface area contributed by atoms with Crippen molar-refractivity contribution in [3.8, 4) is 0 Å². The minimum Gasteiger partial charge on any atom is -0.481 e. The molecule has 0 bridgehead atoms. The number of aromatic nitrogens is 1. The number of benzene rings is 1. The van der Waals surface area contributed by atoms with E-state index in [-0.39, 0.29) is 0 Å². The van der Waals surface area contributed by atoms with Crippen LogP contribution in [0.4, 0.5) is 0 Å². The van der Waals surface area contributed by atoms with Crippen LogP contribution in [0.3, 0.4) is 0 Å². The number of aliphatic carboxylic acids is 1. The molecule has 0 fully saturated rings. The largest absolute Gasteiger partial charge is 0.481 e. The minimum atomic E-state index is -1.38. The van der Waals surface area contributed by atoms with Crippen molar-refractivity contribution in [3.63, 3.8) is 0 Å². The second-order valence-electron chi connectivity index (χ2n) is 4.17. The van der Waals surface area contributed by atoms with Crippen molar-refractivity contribution in [2.24, 2.45) is 0 Å². The number of carbonyl (C=O) groups is 1. The van der Waals surface area contributed by atoms with Gasteiger partial charge in [0.2, 0.25) is 0 Å². The Kier molecular flexibility index (Phi) is 3.99. The molecule has 0 saturated carbocycles. The number of aliphatic hydroxyl groups excluding tert-OH is 2. The van der Waals surface area contributed by atoms with Gasteiger partial charge in [0.15, 0.2) is 0 Å². The van der Waals surface area contributed by atoms with Gasteiger partial charge in [0.25, 0.3) is 0 Å². The maximum absolute atomic E-state index is 10.6. The molecule has 6 heteroatoms. The molecule has 0 spiro atoms. The fourth-order valence-electron chi connectivity index (χ4n) is 1.90. The van der Waals surface area contributed by atoms with Gasteiger partial charge in [-0.2, -0.15) is 0 Å². The first kappa shape index (κ1) is 13.7. The summed E-state index contributed by atoms with van der Waals surface area (Å²) in [4.78, 5) is 14.7. The lowest BCUT2D eigenvalue weighted by molar-refractivity contribution is -0.141. The van der Waals surface area contributed by atoms with Crippen molar-refractivity contribution in [1.82, 2.24) is 4.98 Å². The number of halogens is 1. The van der Waals surface area contributed by atoms with E-state index < -0.39 is 24.6 Å². The first-order valence-electron chi connectivity index (χ1n) is 5.61. The summed E-state index contributed by atoms with van der Waals surface area (Å²) in [5.74, 6) is -1.17. The molecule has 0 saturated heterocycles. The Bertz CT molecular complexity index is 617. The molecule has 19 heavy (non-hydrogen) atoms. The van der Waals surface area contributed by atoms with Crippen LogP contribution in [-0.2, 0) is 4.79 Å². The molecule has 5 nitrogen and oxygen atoms in total. The zero-order valence-corrected chi connectivity index (χ0v) is 10.6. The number of fused-ring (bicyclic) bond motifs is 1. The number of hydrogen-bond acceptors (Lipinski definition) is 4.